The van der Waals surface area contributed by atoms with Crippen molar-refractivity contribution in [2.45, 2.75) is 58.3 Å². The molecular weight excluding hydrogens is 212 g/mol. The van der Waals surface area contributed by atoms with E-state index in [1.165, 1.54) is 38.2 Å². The Morgan fingerprint density at radius 2 is 1.76 bits per heavy atom. The minimum atomic E-state index is -0.0136. The SMILES string of the molecule is CCCCCCCC(C)c1cccc(O)c1O. The van der Waals surface area contributed by atoms with Gasteiger partial charge in [0.25, 0.3) is 0 Å². The highest BCUT2D eigenvalue weighted by molar-refractivity contribution is 5.45. The van der Waals surface area contributed by atoms with Gasteiger partial charge in [-0.1, -0.05) is 58.1 Å². The number of phenolic OH excluding ortho intramolecular Hbond substituents is 2. The predicted octanol–water partition coefficient (Wildman–Crippen LogP) is 4.56. The van der Waals surface area contributed by atoms with E-state index < -0.39 is 0 Å². The van der Waals surface area contributed by atoms with Crippen molar-refractivity contribution in [3.8, 4) is 11.5 Å². The molecule has 17 heavy (non-hydrogen) atoms. The molecule has 0 aromatic heterocycles. The van der Waals surface area contributed by atoms with Gasteiger partial charge in [0.1, 0.15) is 0 Å². The van der Waals surface area contributed by atoms with Gasteiger partial charge in [0.05, 0.1) is 0 Å². The van der Waals surface area contributed by atoms with Crippen LogP contribution < -0.4 is 0 Å². The van der Waals surface area contributed by atoms with Gasteiger partial charge in [-0.2, -0.15) is 0 Å². The van der Waals surface area contributed by atoms with E-state index in [1.807, 2.05) is 6.07 Å². The first-order chi connectivity index (χ1) is 8.16. The number of phenols is 2. The van der Waals surface area contributed by atoms with Gasteiger partial charge in [-0.3, -0.25) is 0 Å². The lowest BCUT2D eigenvalue weighted by Crippen LogP contribution is -1.94. The summed E-state index contributed by atoms with van der Waals surface area (Å²) in [4.78, 5) is 0. The molecular formula is C15H24O2. The third-order valence-electron chi connectivity index (χ3n) is 3.32. The molecule has 1 unspecified atom stereocenters. The summed E-state index contributed by atoms with van der Waals surface area (Å²) >= 11 is 0. The Hall–Kier alpha value is -1.18. The van der Waals surface area contributed by atoms with E-state index in [4.69, 9.17) is 0 Å². The van der Waals surface area contributed by atoms with Gasteiger partial charge >= 0.3 is 0 Å². The Morgan fingerprint density at radius 3 is 2.47 bits per heavy atom. The summed E-state index contributed by atoms with van der Waals surface area (Å²) in [5.74, 6) is 0.345. The number of hydrogen-bond acceptors (Lipinski definition) is 2. The average molecular weight is 236 g/mol. The first kappa shape index (κ1) is 13.9. The van der Waals surface area contributed by atoms with Gasteiger partial charge in [-0.25, -0.2) is 0 Å². The van der Waals surface area contributed by atoms with Gasteiger partial charge in [0.15, 0.2) is 11.5 Å². The molecule has 0 bridgehead atoms. The Kier molecular flexibility index (Phi) is 5.88. The van der Waals surface area contributed by atoms with Crippen molar-refractivity contribution in [3.05, 3.63) is 23.8 Å². The van der Waals surface area contributed by atoms with Crippen LogP contribution in [0.2, 0.25) is 0 Å². The van der Waals surface area contributed by atoms with Crippen molar-refractivity contribution in [2.75, 3.05) is 0 Å². The lowest BCUT2D eigenvalue weighted by molar-refractivity contribution is 0.395. The smallest absolute Gasteiger partial charge is 0.160 e. The summed E-state index contributed by atoms with van der Waals surface area (Å²) in [6.45, 7) is 4.32. The van der Waals surface area contributed by atoms with Crippen molar-refractivity contribution in [3.63, 3.8) is 0 Å². The molecule has 1 aromatic rings. The number of hydrogen-bond donors (Lipinski definition) is 2. The molecule has 0 aliphatic heterocycles. The summed E-state index contributed by atoms with van der Waals surface area (Å²) in [5, 5.41) is 19.2. The minimum absolute atomic E-state index is 0.0136. The maximum Gasteiger partial charge on any atom is 0.160 e. The first-order valence-corrected chi connectivity index (χ1v) is 6.67. The molecule has 0 radical (unpaired) electrons. The summed E-state index contributed by atoms with van der Waals surface area (Å²) < 4.78 is 0. The normalized spacial score (nSPS) is 12.6. The number of benzene rings is 1. The number of para-hydroxylation sites is 1. The van der Waals surface area contributed by atoms with Crippen LogP contribution in [0, 0.1) is 0 Å². The van der Waals surface area contributed by atoms with Gasteiger partial charge in [-0.15, -0.1) is 0 Å². The zero-order valence-electron chi connectivity index (χ0n) is 10.9. The fourth-order valence-electron chi connectivity index (χ4n) is 2.16. The van der Waals surface area contributed by atoms with Crippen LogP contribution in [-0.2, 0) is 0 Å². The monoisotopic (exact) mass is 236 g/mol. The first-order valence-electron chi connectivity index (χ1n) is 6.67. The number of rotatable bonds is 7. The molecule has 96 valence electrons. The zero-order valence-corrected chi connectivity index (χ0v) is 10.9. The topological polar surface area (TPSA) is 40.5 Å². The fraction of sp³-hybridized carbons (Fsp3) is 0.600. The Labute approximate surface area is 104 Å². The third kappa shape index (κ3) is 4.29. The van der Waals surface area contributed by atoms with E-state index in [-0.39, 0.29) is 11.5 Å². The quantitative estimate of drug-likeness (QED) is 0.538. The van der Waals surface area contributed by atoms with Crippen molar-refractivity contribution in [2.24, 2.45) is 0 Å². The van der Waals surface area contributed by atoms with Crippen LogP contribution in [0.1, 0.15) is 63.9 Å². The molecule has 1 aromatic carbocycles. The zero-order chi connectivity index (χ0) is 12.7. The van der Waals surface area contributed by atoms with Crippen molar-refractivity contribution in [1.82, 2.24) is 0 Å². The van der Waals surface area contributed by atoms with E-state index in [0.29, 0.717) is 5.92 Å². The fourth-order valence-corrected chi connectivity index (χ4v) is 2.16. The molecule has 0 aliphatic carbocycles. The summed E-state index contributed by atoms with van der Waals surface area (Å²) in [5.41, 5.74) is 0.862. The highest BCUT2D eigenvalue weighted by Crippen LogP contribution is 2.35. The average Bonchev–Trinajstić information content (AvgIpc) is 2.32. The third-order valence-corrected chi connectivity index (χ3v) is 3.32. The molecule has 0 spiro atoms. The molecule has 2 N–H and O–H groups in total. The van der Waals surface area contributed by atoms with Crippen LogP contribution in [0.3, 0.4) is 0 Å². The van der Waals surface area contributed by atoms with Gasteiger partial charge < -0.3 is 10.2 Å². The van der Waals surface area contributed by atoms with E-state index in [9.17, 15) is 10.2 Å². The summed E-state index contributed by atoms with van der Waals surface area (Å²) in [6, 6.07) is 5.20. The lowest BCUT2D eigenvalue weighted by Gasteiger charge is -2.14. The Bertz CT molecular complexity index is 334. The van der Waals surface area contributed by atoms with Crippen LogP contribution in [0.4, 0.5) is 0 Å². The molecule has 0 saturated carbocycles. The Balaban J connectivity index is 2.41. The molecule has 0 amide bonds. The second-order valence-corrected chi connectivity index (χ2v) is 4.82. The lowest BCUT2D eigenvalue weighted by atomic mass is 9.94. The second kappa shape index (κ2) is 7.21. The van der Waals surface area contributed by atoms with Crippen LogP contribution in [0.25, 0.3) is 0 Å². The number of aromatic hydroxyl groups is 2. The number of unbranched alkanes of at least 4 members (excludes halogenated alkanes) is 4. The standard InChI is InChI=1S/C15H24O2/c1-3-4-5-6-7-9-12(2)13-10-8-11-14(16)15(13)17/h8,10-12,16-17H,3-7,9H2,1-2H3. The summed E-state index contributed by atoms with van der Waals surface area (Å²) in [7, 11) is 0. The highest BCUT2D eigenvalue weighted by Gasteiger charge is 2.12. The maximum atomic E-state index is 9.76. The van der Waals surface area contributed by atoms with Gasteiger partial charge in [0, 0.05) is 5.56 Å². The van der Waals surface area contributed by atoms with Crippen molar-refractivity contribution >= 4 is 0 Å². The molecule has 1 rings (SSSR count). The second-order valence-electron chi connectivity index (χ2n) is 4.82. The molecule has 0 aliphatic rings. The molecule has 2 heteroatoms. The molecule has 2 nitrogen and oxygen atoms in total. The van der Waals surface area contributed by atoms with Gasteiger partial charge in [0.2, 0.25) is 0 Å². The maximum absolute atomic E-state index is 9.76. The Morgan fingerprint density at radius 1 is 1.06 bits per heavy atom. The van der Waals surface area contributed by atoms with E-state index in [2.05, 4.69) is 13.8 Å². The van der Waals surface area contributed by atoms with E-state index >= 15 is 0 Å². The molecule has 0 fully saturated rings. The van der Waals surface area contributed by atoms with Crippen molar-refractivity contribution in [1.29, 1.82) is 0 Å². The van der Waals surface area contributed by atoms with E-state index in [0.717, 1.165) is 12.0 Å². The predicted molar refractivity (Wildman–Crippen MR) is 71.6 cm³/mol. The minimum Gasteiger partial charge on any atom is -0.504 e. The van der Waals surface area contributed by atoms with Gasteiger partial charge in [-0.05, 0) is 18.4 Å². The summed E-state index contributed by atoms with van der Waals surface area (Å²) in [6.07, 6.45) is 7.40. The highest BCUT2D eigenvalue weighted by atomic mass is 16.3. The molecule has 0 saturated heterocycles. The van der Waals surface area contributed by atoms with Crippen LogP contribution in [0.15, 0.2) is 18.2 Å². The molecule has 1 atom stereocenters. The van der Waals surface area contributed by atoms with Crippen LogP contribution in [0.5, 0.6) is 11.5 Å². The van der Waals surface area contributed by atoms with Crippen molar-refractivity contribution < 1.29 is 10.2 Å². The largest absolute Gasteiger partial charge is 0.504 e. The van der Waals surface area contributed by atoms with E-state index in [1.54, 1.807) is 6.07 Å². The van der Waals surface area contributed by atoms with Crippen LogP contribution in [-0.4, -0.2) is 10.2 Å². The van der Waals surface area contributed by atoms with Crippen LogP contribution >= 0.6 is 0 Å². The molecule has 0 heterocycles.